The number of hydrogen-bond acceptors (Lipinski definition) is 2. The average molecular weight is 183 g/mol. The molecule has 3 atom stereocenters. The number of hydrogen-bond donors (Lipinski definition) is 2. The molecule has 0 spiro atoms. The molecule has 0 aromatic rings. The van der Waals surface area contributed by atoms with Crippen molar-refractivity contribution in [2.75, 3.05) is 6.54 Å². The van der Waals surface area contributed by atoms with Crippen LogP contribution in [0.5, 0.6) is 0 Å². The molecule has 0 aliphatic heterocycles. The van der Waals surface area contributed by atoms with Gasteiger partial charge >= 0.3 is 5.97 Å². The van der Waals surface area contributed by atoms with Crippen molar-refractivity contribution in [3.8, 4) is 0 Å². The van der Waals surface area contributed by atoms with Crippen LogP contribution in [-0.4, -0.2) is 17.6 Å². The van der Waals surface area contributed by atoms with Crippen LogP contribution in [0.3, 0.4) is 0 Å². The SMILES string of the molecule is NC[C@@]1(CC(=O)O)CC[C@H]2C[C@@H]2C1. The molecule has 3 nitrogen and oxygen atoms in total. The standard InChI is InChI=1S/C10H17NO2/c11-6-10(5-9(12)13)2-1-7-3-8(7)4-10/h7-8H,1-6,11H2,(H,12,13)/t7-,8+,10-/m0/s1. The Bertz CT molecular complexity index is 229. The predicted octanol–water partition coefficient (Wildman–Crippen LogP) is 1.23. The lowest BCUT2D eigenvalue weighted by Gasteiger charge is -2.34. The maximum atomic E-state index is 10.7. The monoisotopic (exact) mass is 183 g/mol. The fourth-order valence-corrected chi connectivity index (χ4v) is 2.80. The average Bonchev–Trinajstić information content (AvgIpc) is 2.81. The minimum atomic E-state index is -0.690. The van der Waals surface area contributed by atoms with Crippen molar-refractivity contribution in [2.45, 2.75) is 32.1 Å². The molecule has 0 radical (unpaired) electrons. The fourth-order valence-electron chi connectivity index (χ4n) is 2.80. The van der Waals surface area contributed by atoms with E-state index in [2.05, 4.69) is 0 Å². The van der Waals surface area contributed by atoms with Gasteiger partial charge in [0.25, 0.3) is 0 Å². The van der Waals surface area contributed by atoms with Crippen molar-refractivity contribution >= 4 is 5.97 Å². The Morgan fingerprint density at radius 2 is 2.31 bits per heavy atom. The largest absolute Gasteiger partial charge is 0.481 e. The fraction of sp³-hybridized carbons (Fsp3) is 0.900. The van der Waals surface area contributed by atoms with E-state index in [1.807, 2.05) is 0 Å². The van der Waals surface area contributed by atoms with Crippen molar-refractivity contribution in [3.05, 3.63) is 0 Å². The highest BCUT2D eigenvalue weighted by molar-refractivity contribution is 5.67. The highest BCUT2D eigenvalue weighted by atomic mass is 16.4. The number of carboxylic acids is 1. The van der Waals surface area contributed by atoms with Crippen LogP contribution in [0, 0.1) is 17.3 Å². The quantitative estimate of drug-likeness (QED) is 0.691. The van der Waals surface area contributed by atoms with Gasteiger partial charge in [-0.2, -0.15) is 0 Å². The number of carbonyl (C=O) groups is 1. The molecule has 2 aliphatic carbocycles. The third kappa shape index (κ3) is 1.70. The van der Waals surface area contributed by atoms with E-state index in [0.717, 1.165) is 24.7 Å². The molecule has 0 bridgehead atoms. The predicted molar refractivity (Wildman–Crippen MR) is 49.2 cm³/mol. The summed E-state index contributed by atoms with van der Waals surface area (Å²) in [6.07, 6.45) is 4.88. The maximum absolute atomic E-state index is 10.7. The topological polar surface area (TPSA) is 63.3 Å². The maximum Gasteiger partial charge on any atom is 0.303 e. The van der Waals surface area contributed by atoms with E-state index in [4.69, 9.17) is 10.8 Å². The summed E-state index contributed by atoms with van der Waals surface area (Å²) in [6.45, 7) is 0.544. The molecule has 2 rings (SSSR count). The Morgan fingerprint density at radius 1 is 1.54 bits per heavy atom. The summed E-state index contributed by atoms with van der Waals surface area (Å²) >= 11 is 0. The molecule has 0 heterocycles. The van der Waals surface area contributed by atoms with Crippen LogP contribution in [0.25, 0.3) is 0 Å². The first-order valence-electron chi connectivity index (χ1n) is 5.07. The van der Waals surface area contributed by atoms with E-state index < -0.39 is 5.97 Å². The van der Waals surface area contributed by atoms with Gasteiger partial charge in [-0.25, -0.2) is 0 Å². The number of aliphatic carboxylic acids is 1. The van der Waals surface area contributed by atoms with E-state index in [9.17, 15) is 4.79 Å². The van der Waals surface area contributed by atoms with Crippen molar-refractivity contribution < 1.29 is 9.90 Å². The lowest BCUT2D eigenvalue weighted by atomic mass is 9.72. The summed E-state index contributed by atoms with van der Waals surface area (Å²) in [6, 6.07) is 0. The normalized spacial score (nSPS) is 42.5. The van der Waals surface area contributed by atoms with Gasteiger partial charge in [0.15, 0.2) is 0 Å². The Labute approximate surface area is 78.3 Å². The Kier molecular flexibility index (Phi) is 2.06. The van der Waals surface area contributed by atoms with E-state index in [0.29, 0.717) is 6.54 Å². The van der Waals surface area contributed by atoms with Crippen LogP contribution in [0.2, 0.25) is 0 Å². The number of fused-ring (bicyclic) bond motifs is 1. The second-order valence-corrected chi connectivity index (χ2v) is 4.77. The summed E-state index contributed by atoms with van der Waals surface area (Å²) in [7, 11) is 0. The molecule has 0 amide bonds. The van der Waals surface area contributed by atoms with Crippen LogP contribution in [0.15, 0.2) is 0 Å². The van der Waals surface area contributed by atoms with E-state index in [-0.39, 0.29) is 11.8 Å². The molecule has 2 aliphatic rings. The Hall–Kier alpha value is -0.570. The summed E-state index contributed by atoms with van der Waals surface area (Å²) in [5, 5.41) is 8.81. The lowest BCUT2D eigenvalue weighted by molar-refractivity contribution is -0.140. The molecule has 13 heavy (non-hydrogen) atoms. The van der Waals surface area contributed by atoms with Gasteiger partial charge in [0, 0.05) is 0 Å². The molecule has 2 saturated carbocycles. The molecular formula is C10H17NO2. The van der Waals surface area contributed by atoms with Gasteiger partial charge in [0.1, 0.15) is 0 Å². The molecule has 2 fully saturated rings. The second-order valence-electron chi connectivity index (χ2n) is 4.77. The van der Waals surface area contributed by atoms with Crippen LogP contribution in [0.4, 0.5) is 0 Å². The first kappa shape index (κ1) is 9.00. The van der Waals surface area contributed by atoms with Gasteiger partial charge in [-0.3, -0.25) is 4.79 Å². The van der Waals surface area contributed by atoms with Crippen LogP contribution in [0.1, 0.15) is 32.1 Å². The van der Waals surface area contributed by atoms with Crippen molar-refractivity contribution in [2.24, 2.45) is 23.0 Å². The number of rotatable bonds is 3. The summed E-state index contributed by atoms with van der Waals surface area (Å²) in [4.78, 5) is 10.7. The molecule has 0 aromatic carbocycles. The van der Waals surface area contributed by atoms with E-state index in [1.165, 1.54) is 12.8 Å². The highest BCUT2D eigenvalue weighted by Crippen LogP contribution is 2.56. The van der Waals surface area contributed by atoms with Crippen molar-refractivity contribution in [1.82, 2.24) is 0 Å². The smallest absolute Gasteiger partial charge is 0.303 e. The van der Waals surface area contributed by atoms with Crippen LogP contribution < -0.4 is 5.73 Å². The first-order chi connectivity index (χ1) is 6.15. The highest BCUT2D eigenvalue weighted by Gasteiger charge is 2.48. The molecule has 74 valence electrons. The molecule has 0 aromatic heterocycles. The van der Waals surface area contributed by atoms with Crippen molar-refractivity contribution in [3.63, 3.8) is 0 Å². The molecule has 3 heteroatoms. The van der Waals surface area contributed by atoms with Crippen molar-refractivity contribution in [1.29, 1.82) is 0 Å². The van der Waals surface area contributed by atoms with Gasteiger partial charge in [-0.05, 0) is 49.5 Å². The van der Waals surface area contributed by atoms with Gasteiger partial charge in [0.05, 0.1) is 6.42 Å². The van der Waals surface area contributed by atoms with E-state index >= 15 is 0 Å². The number of carboxylic acid groups (broad SMARTS) is 1. The minimum absolute atomic E-state index is 0.0660. The Morgan fingerprint density at radius 3 is 2.85 bits per heavy atom. The van der Waals surface area contributed by atoms with Gasteiger partial charge < -0.3 is 10.8 Å². The molecule has 0 saturated heterocycles. The van der Waals surface area contributed by atoms with E-state index in [1.54, 1.807) is 0 Å². The zero-order chi connectivity index (χ0) is 9.47. The minimum Gasteiger partial charge on any atom is -0.481 e. The molecule has 0 unspecified atom stereocenters. The zero-order valence-corrected chi connectivity index (χ0v) is 7.83. The third-order valence-electron chi connectivity index (χ3n) is 3.77. The van der Waals surface area contributed by atoms with Crippen LogP contribution in [-0.2, 0) is 4.79 Å². The van der Waals surface area contributed by atoms with Gasteiger partial charge in [0.2, 0.25) is 0 Å². The van der Waals surface area contributed by atoms with Gasteiger partial charge in [-0.1, -0.05) is 0 Å². The summed E-state index contributed by atoms with van der Waals surface area (Å²) < 4.78 is 0. The second kappa shape index (κ2) is 2.98. The van der Waals surface area contributed by atoms with Crippen LogP contribution >= 0.6 is 0 Å². The van der Waals surface area contributed by atoms with Gasteiger partial charge in [-0.15, -0.1) is 0 Å². The molecular weight excluding hydrogens is 166 g/mol. The summed E-state index contributed by atoms with van der Waals surface area (Å²) in [5.74, 6) is 1.02. The third-order valence-corrected chi connectivity index (χ3v) is 3.77. The lowest BCUT2D eigenvalue weighted by Crippen LogP contribution is -2.35. The summed E-state index contributed by atoms with van der Waals surface area (Å²) in [5.41, 5.74) is 5.64. The first-order valence-corrected chi connectivity index (χ1v) is 5.07. The Balaban J connectivity index is 2.01. The molecule has 3 N–H and O–H groups in total. The number of nitrogens with two attached hydrogens (primary N) is 1. The zero-order valence-electron chi connectivity index (χ0n) is 7.83.